The van der Waals surface area contributed by atoms with Gasteiger partial charge in [0.2, 0.25) is 0 Å². The van der Waals surface area contributed by atoms with Gasteiger partial charge in [0, 0.05) is 12.8 Å². The summed E-state index contributed by atoms with van der Waals surface area (Å²) >= 11 is 0. The van der Waals surface area contributed by atoms with Crippen molar-refractivity contribution >= 4 is 11.9 Å². The minimum absolute atomic E-state index is 0.0336. The van der Waals surface area contributed by atoms with Crippen molar-refractivity contribution in [1.29, 1.82) is 0 Å². The zero-order chi connectivity index (χ0) is 24.5. The van der Waals surface area contributed by atoms with Crippen LogP contribution >= 0.6 is 0 Å². The molecule has 4 saturated carbocycles. The summed E-state index contributed by atoms with van der Waals surface area (Å²) in [4.78, 5) is 25.3. The molecule has 0 aromatic carbocycles. The van der Waals surface area contributed by atoms with Gasteiger partial charge >= 0.3 is 29.7 Å². The van der Waals surface area contributed by atoms with Gasteiger partial charge in [-0.25, -0.2) is 0 Å². The Morgan fingerprint density at radius 3 is 2.00 bits per heavy atom. The van der Waals surface area contributed by atoms with Crippen LogP contribution in [-0.2, 0) is 19.1 Å². The Morgan fingerprint density at radius 2 is 1.45 bits per heavy atom. The number of ether oxygens (including phenoxy) is 2. The zero-order valence-electron chi connectivity index (χ0n) is 18.8. The Morgan fingerprint density at radius 1 is 0.818 bits per heavy atom. The van der Waals surface area contributed by atoms with Gasteiger partial charge in [-0.3, -0.25) is 9.59 Å². The molecule has 0 aliphatic heterocycles. The van der Waals surface area contributed by atoms with Crippen LogP contribution in [0.25, 0.3) is 0 Å². The molecule has 0 spiro atoms. The molecule has 0 aromatic heterocycles. The Kier molecular flexibility index (Phi) is 6.00. The molecule has 9 unspecified atom stereocenters. The van der Waals surface area contributed by atoms with E-state index in [-0.39, 0.29) is 30.6 Å². The minimum Gasteiger partial charge on any atom is -0.462 e. The first-order chi connectivity index (χ1) is 15.1. The quantitative estimate of drug-likeness (QED) is 0.362. The molecule has 188 valence electrons. The van der Waals surface area contributed by atoms with Gasteiger partial charge in [-0.05, 0) is 61.7 Å². The predicted molar refractivity (Wildman–Crippen MR) is 104 cm³/mol. The molecule has 33 heavy (non-hydrogen) atoms. The highest BCUT2D eigenvalue weighted by Crippen LogP contribution is 2.56. The van der Waals surface area contributed by atoms with E-state index in [1.54, 1.807) is 0 Å². The molecule has 0 aromatic rings. The van der Waals surface area contributed by atoms with Crippen molar-refractivity contribution in [2.24, 2.45) is 47.3 Å². The van der Waals surface area contributed by atoms with E-state index in [0.717, 1.165) is 12.8 Å². The van der Waals surface area contributed by atoms with Crippen molar-refractivity contribution < 1.29 is 45.4 Å². The molecule has 4 aliphatic rings. The lowest BCUT2D eigenvalue weighted by atomic mass is 9.76. The average molecular weight is 484 g/mol. The van der Waals surface area contributed by atoms with Gasteiger partial charge in [0.1, 0.15) is 6.10 Å². The summed E-state index contributed by atoms with van der Waals surface area (Å²) in [6.07, 6.45) is 2.65. The second-order valence-corrected chi connectivity index (χ2v) is 10.8. The number of halogens is 6. The summed E-state index contributed by atoms with van der Waals surface area (Å²) in [5.41, 5.74) is 0. The first kappa shape index (κ1) is 24.6. The van der Waals surface area contributed by atoms with Gasteiger partial charge in [-0.2, -0.15) is 26.3 Å². The van der Waals surface area contributed by atoms with Crippen molar-refractivity contribution in [1.82, 2.24) is 0 Å². The molecule has 0 amide bonds. The highest BCUT2D eigenvalue weighted by Gasteiger charge is 2.70. The number of alkyl halides is 6. The lowest BCUT2D eigenvalue weighted by Gasteiger charge is -2.33. The Balaban J connectivity index is 1.34. The summed E-state index contributed by atoms with van der Waals surface area (Å²) in [5.74, 6) is -17.0. The van der Waals surface area contributed by atoms with E-state index in [1.165, 1.54) is 0 Å². The normalized spacial score (nSPS) is 40.3. The number of carbonyl (C=O) groups is 2. The molecule has 0 N–H and O–H groups in total. The monoisotopic (exact) mass is 484 g/mol. The molecule has 10 heteroatoms. The van der Waals surface area contributed by atoms with E-state index >= 15 is 0 Å². The van der Waals surface area contributed by atoms with Gasteiger partial charge in [0.05, 0.1) is 11.8 Å². The molecular weight excluding hydrogens is 454 g/mol. The third-order valence-corrected chi connectivity index (χ3v) is 8.93. The largest absolute Gasteiger partial charge is 0.462 e. The van der Waals surface area contributed by atoms with Crippen molar-refractivity contribution in [2.45, 2.75) is 76.7 Å². The molecule has 4 fully saturated rings. The maximum absolute atomic E-state index is 13.7. The maximum atomic E-state index is 13.7. The summed E-state index contributed by atoms with van der Waals surface area (Å²) in [5, 5.41) is 0. The Bertz CT molecular complexity index is 794. The summed E-state index contributed by atoms with van der Waals surface area (Å²) in [7, 11) is 0. The van der Waals surface area contributed by atoms with Crippen molar-refractivity contribution in [3.05, 3.63) is 0 Å². The molecule has 4 nitrogen and oxygen atoms in total. The summed E-state index contributed by atoms with van der Waals surface area (Å²) < 4.78 is 90.3. The van der Waals surface area contributed by atoms with Gasteiger partial charge in [0.25, 0.3) is 0 Å². The van der Waals surface area contributed by atoms with Crippen LogP contribution in [0.5, 0.6) is 0 Å². The smallest absolute Gasteiger partial charge is 0.375 e. The highest BCUT2D eigenvalue weighted by atomic mass is 19.3. The standard InChI is InChI=1S/C23H30F6O4/c1-10-11(2)14-7-13(10)8-17(14)20(31)33-18-6-12-4-15(18)16(5-12)19(30)32-9-22(26,27)23(28,29)21(3,24)25/h10-18H,4-9H2,1-3H3. The molecule has 9 atom stereocenters. The fourth-order valence-corrected chi connectivity index (χ4v) is 6.82. The average Bonchev–Trinajstić information content (AvgIpc) is 3.47. The van der Waals surface area contributed by atoms with Crippen molar-refractivity contribution in [3.63, 3.8) is 0 Å². The van der Waals surface area contributed by atoms with Gasteiger partial charge in [-0.15, -0.1) is 0 Å². The second kappa shape index (κ2) is 8.04. The summed E-state index contributed by atoms with van der Waals surface area (Å²) in [6.45, 7) is 1.90. The van der Waals surface area contributed by atoms with E-state index in [9.17, 15) is 35.9 Å². The number of carbonyl (C=O) groups excluding carboxylic acids is 2. The lowest BCUT2D eigenvalue weighted by Crippen LogP contribution is -2.55. The van der Waals surface area contributed by atoms with Gasteiger partial charge in [0.15, 0.2) is 6.61 Å². The first-order valence-electron chi connectivity index (χ1n) is 11.6. The fourth-order valence-electron chi connectivity index (χ4n) is 6.82. The second-order valence-electron chi connectivity index (χ2n) is 10.8. The topological polar surface area (TPSA) is 52.6 Å². The van der Waals surface area contributed by atoms with Crippen molar-refractivity contribution in [2.75, 3.05) is 6.61 Å². The van der Waals surface area contributed by atoms with E-state index in [1.807, 2.05) is 0 Å². The fraction of sp³-hybridized carbons (Fsp3) is 0.913. The molecule has 4 bridgehead atoms. The van der Waals surface area contributed by atoms with E-state index in [2.05, 4.69) is 18.6 Å². The maximum Gasteiger partial charge on any atom is 0.375 e. The predicted octanol–water partition coefficient (Wildman–Crippen LogP) is 5.34. The molecule has 0 radical (unpaired) electrons. The van der Waals surface area contributed by atoms with Crippen LogP contribution in [0, 0.1) is 47.3 Å². The van der Waals surface area contributed by atoms with Crippen LogP contribution in [-0.4, -0.2) is 42.4 Å². The van der Waals surface area contributed by atoms with Crippen LogP contribution < -0.4 is 0 Å². The van der Waals surface area contributed by atoms with Crippen LogP contribution in [0.2, 0.25) is 0 Å². The Labute approximate surface area is 188 Å². The third-order valence-electron chi connectivity index (χ3n) is 8.93. The van der Waals surface area contributed by atoms with Crippen LogP contribution in [0.1, 0.15) is 52.9 Å². The third kappa shape index (κ3) is 4.03. The molecular formula is C23H30F6O4. The van der Waals surface area contributed by atoms with Gasteiger partial charge in [-0.1, -0.05) is 13.8 Å². The van der Waals surface area contributed by atoms with E-state index in [0.29, 0.717) is 37.0 Å². The molecule has 0 heterocycles. The number of fused-ring (bicyclic) bond motifs is 4. The van der Waals surface area contributed by atoms with Gasteiger partial charge < -0.3 is 9.47 Å². The molecule has 4 aliphatic carbocycles. The SMILES string of the molecule is CC1C2CC(C(=O)OC3CC4CC(C(=O)OCC(F)(F)C(F)(F)C(C)(F)F)C3C4)C(C2)C1C. The highest BCUT2D eigenvalue weighted by molar-refractivity contribution is 5.75. The number of hydrogen-bond donors (Lipinski definition) is 0. The van der Waals surface area contributed by atoms with Crippen LogP contribution in [0.3, 0.4) is 0 Å². The van der Waals surface area contributed by atoms with E-state index < -0.39 is 48.3 Å². The summed E-state index contributed by atoms with van der Waals surface area (Å²) in [6, 6.07) is 0. The lowest BCUT2D eigenvalue weighted by molar-refractivity contribution is -0.311. The first-order valence-corrected chi connectivity index (χ1v) is 11.6. The van der Waals surface area contributed by atoms with E-state index in [4.69, 9.17) is 4.74 Å². The number of hydrogen-bond acceptors (Lipinski definition) is 4. The van der Waals surface area contributed by atoms with Crippen LogP contribution in [0.15, 0.2) is 0 Å². The van der Waals surface area contributed by atoms with Crippen molar-refractivity contribution in [3.8, 4) is 0 Å². The molecule has 4 rings (SSSR count). The number of esters is 2. The molecule has 0 saturated heterocycles. The zero-order valence-corrected chi connectivity index (χ0v) is 18.8. The Hall–Kier alpha value is -1.48. The number of rotatable bonds is 7. The van der Waals surface area contributed by atoms with Crippen LogP contribution in [0.4, 0.5) is 26.3 Å². The minimum atomic E-state index is -5.66.